The molecule has 0 bridgehead atoms. The van der Waals surface area contributed by atoms with Gasteiger partial charge in [0.1, 0.15) is 0 Å². The van der Waals surface area contributed by atoms with Gasteiger partial charge < -0.3 is 15.4 Å². The Hall–Kier alpha value is -0.610. The number of ether oxygens (including phenoxy) is 1. The van der Waals surface area contributed by atoms with Crippen LogP contribution in [-0.4, -0.2) is 36.7 Å². The number of hydrogen-bond acceptors (Lipinski definition) is 3. The molecular weight excluding hydrogens is 216 g/mol. The minimum Gasteiger partial charge on any atom is -0.375 e. The first kappa shape index (κ1) is 14.5. The Kier molecular flexibility index (Phi) is 5.40. The summed E-state index contributed by atoms with van der Waals surface area (Å²) in [7, 11) is 0. The second-order valence-corrected chi connectivity index (χ2v) is 5.12. The molecule has 3 unspecified atom stereocenters. The third-order valence-electron chi connectivity index (χ3n) is 3.57. The highest BCUT2D eigenvalue weighted by Gasteiger charge is 2.32. The molecule has 0 saturated carbocycles. The van der Waals surface area contributed by atoms with E-state index in [1.807, 2.05) is 13.8 Å². The largest absolute Gasteiger partial charge is 0.375 e. The maximum Gasteiger partial charge on any atom is 0.236 e. The number of hydrogen-bond donors (Lipinski definition) is 2. The van der Waals surface area contributed by atoms with Gasteiger partial charge in [-0.15, -0.1) is 0 Å². The summed E-state index contributed by atoms with van der Waals surface area (Å²) in [5, 5.41) is 6.24. The lowest BCUT2D eigenvalue weighted by Gasteiger charge is -2.39. The van der Waals surface area contributed by atoms with Crippen LogP contribution < -0.4 is 10.6 Å². The van der Waals surface area contributed by atoms with E-state index in [9.17, 15) is 4.79 Å². The number of carbonyl (C=O) groups is 1. The molecule has 0 spiro atoms. The topological polar surface area (TPSA) is 50.4 Å². The Morgan fingerprint density at radius 1 is 1.53 bits per heavy atom. The van der Waals surface area contributed by atoms with Crippen LogP contribution in [-0.2, 0) is 9.53 Å². The Balaban J connectivity index is 2.43. The molecule has 0 aliphatic carbocycles. The van der Waals surface area contributed by atoms with Crippen LogP contribution in [0.15, 0.2) is 0 Å². The summed E-state index contributed by atoms with van der Waals surface area (Å²) < 4.78 is 5.79. The van der Waals surface area contributed by atoms with Crippen LogP contribution in [0.3, 0.4) is 0 Å². The fourth-order valence-corrected chi connectivity index (χ4v) is 2.28. The number of rotatable bonds is 5. The van der Waals surface area contributed by atoms with Crippen molar-refractivity contribution >= 4 is 5.91 Å². The molecule has 1 fully saturated rings. The third kappa shape index (κ3) is 4.28. The number of carbonyl (C=O) groups excluding carboxylic acids is 1. The molecule has 1 heterocycles. The molecule has 1 aliphatic heterocycles. The van der Waals surface area contributed by atoms with Crippen molar-refractivity contribution < 1.29 is 9.53 Å². The van der Waals surface area contributed by atoms with Gasteiger partial charge in [-0.25, -0.2) is 0 Å². The predicted octanol–water partition coefficient (Wildman–Crippen LogP) is 1.45. The van der Waals surface area contributed by atoms with Gasteiger partial charge in [0.2, 0.25) is 5.91 Å². The van der Waals surface area contributed by atoms with Gasteiger partial charge in [-0.1, -0.05) is 6.92 Å². The maximum absolute atomic E-state index is 11.6. The molecule has 17 heavy (non-hydrogen) atoms. The van der Waals surface area contributed by atoms with Gasteiger partial charge in [-0.2, -0.15) is 0 Å². The summed E-state index contributed by atoms with van der Waals surface area (Å²) in [6.45, 7) is 9.62. The van der Waals surface area contributed by atoms with Crippen LogP contribution in [0.25, 0.3) is 0 Å². The van der Waals surface area contributed by atoms with Gasteiger partial charge in [0.15, 0.2) is 0 Å². The summed E-state index contributed by atoms with van der Waals surface area (Å²) in [6, 6.07) is 0.255. The average Bonchev–Trinajstić information content (AvgIpc) is 2.29. The molecule has 1 rings (SSSR count). The second kappa shape index (κ2) is 6.36. The fraction of sp³-hybridized carbons (Fsp3) is 0.923. The van der Waals surface area contributed by atoms with Crippen molar-refractivity contribution in [2.45, 2.75) is 64.6 Å². The van der Waals surface area contributed by atoms with Crippen LogP contribution in [0.2, 0.25) is 0 Å². The lowest BCUT2D eigenvalue weighted by molar-refractivity contribution is -0.123. The molecule has 0 aromatic heterocycles. The molecule has 4 heteroatoms. The van der Waals surface area contributed by atoms with E-state index in [2.05, 4.69) is 24.5 Å². The lowest BCUT2D eigenvalue weighted by atomic mass is 9.89. The predicted molar refractivity (Wildman–Crippen MR) is 69.0 cm³/mol. The molecule has 0 aromatic carbocycles. The van der Waals surface area contributed by atoms with E-state index >= 15 is 0 Å². The molecule has 0 aromatic rings. The van der Waals surface area contributed by atoms with Crippen molar-refractivity contribution in [1.82, 2.24) is 10.6 Å². The Labute approximate surface area is 104 Å². The SMILES string of the molecule is CCNC(=O)C(C)NC1CCOC(C)(CC)C1. The lowest BCUT2D eigenvalue weighted by Crippen LogP contribution is -2.51. The highest BCUT2D eigenvalue weighted by atomic mass is 16.5. The first-order chi connectivity index (χ1) is 8.00. The monoisotopic (exact) mass is 242 g/mol. The Morgan fingerprint density at radius 2 is 2.24 bits per heavy atom. The molecule has 1 saturated heterocycles. The Morgan fingerprint density at radius 3 is 2.82 bits per heavy atom. The van der Waals surface area contributed by atoms with E-state index in [0.29, 0.717) is 12.6 Å². The minimum atomic E-state index is -0.126. The van der Waals surface area contributed by atoms with Crippen molar-refractivity contribution in [3.8, 4) is 0 Å². The molecule has 2 N–H and O–H groups in total. The molecule has 1 aliphatic rings. The van der Waals surface area contributed by atoms with Crippen molar-refractivity contribution in [2.24, 2.45) is 0 Å². The molecule has 100 valence electrons. The average molecular weight is 242 g/mol. The molecular formula is C13H26N2O2. The number of amides is 1. The number of nitrogens with one attached hydrogen (secondary N) is 2. The van der Waals surface area contributed by atoms with Crippen LogP contribution >= 0.6 is 0 Å². The zero-order valence-corrected chi connectivity index (χ0v) is 11.5. The van der Waals surface area contributed by atoms with Crippen molar-refractivity contribution in [3.63, 3.8) is 0 Å². The van der Waals surface area contributed by atoms with Crippen LogP contribution in [0.4, 0.5) is 0 Å². The molecule has 4 nitrogen and oxygen atoms in total. The summed E-state index contributed by atoms with van der Waals surface area (Å²) in [6.07, 6.45) is 2.98. The first-order valence-corrected chi connectivity index (χ1v) is 6.68. The summed E-state index contributed by atoms with van der Waals surface area (Å²) in [4.78, 5) is 11.6. The highest BCUT2D eigenvalue weighted by molar-refractivity contribution is 5.81. The van der Waals surface area contributed by atoms with E-state index in [-0.39, 0.29) is 17.6 Å². The maximum atomic E-state index is 11.6. The van der Waals surface area contributed by atoms with E-state index in [4.69, 9.17) is 4.74 Å². The van der Waals surface area contributed by atoms with E-state index in [1.165, 1.54) is 0 Å². The van der Waals surface area contributed by atoms with E-state index in [1.54, 1.807) is 0 Å². The van der Waals surface area contributed by atoms with Gasteiger partial charge in [0.25, 0.3) is 0 Å². The van der Waals surface area contributed by atoms with Gasteiger partial charge in [-0.3, -0.25) is 4.79 Å². The van der Waals surface area contributed by atoms with Crippen molar-refractivity contribution in [1.29, 1.82) is 0 Å². The summed E-state index contributed by atoms with van der Waals surface area (Å²) in [5.74, 6) is 0.0807. The van der Waals surface area contributed by atoms with Crippen molar-refractivity contribution in [3.05, 3.63) is 0 Å². The molecule has 0 radical (unpaired) electrons. The van der Waals surface area contributed by atoms with Crippen LogP contribution in [0.1, 0.15) is 47.0 Å². The second-order valence-electron chi connectivity index (χ2n) is 5.12. The third-order valence-corrected chi connectivity index (χ3v) is 3.57. The number of likely N-dealkylation sites (N-methyl/N-ethyl adjacent to an activating group) is 1. The fourth-order valence-electron chi connectivity index (χ4n) is 2.28. The van der Waals surface area contributed by atoms with Crippen LogP contribution in [0.5, 0.6) is 0 Å². The molecule has 1 amide bonds. The first-order valence-electron chi connectivity index (χ1n) is 6.68. The smallest absolute Gasteiger partial charge is 0.236 e. The minimum absolute atomic E-state index is 0.0309. The van der Waals surface area contributed by atoms with E-state index in [0.717, 1.165) is 25.9 Å². The van der Waals surface area contributed by atoms with E-state index < -0.39 is 0 Å². The quantitative estimate of drug-likeness (QED) is 0.767. The van der Waals surface area contributed by atoms with Crippen molar-refractivity contribution in [2.75, 3.05) is 13.2 Å². The van der Waals surface area contributed by atoms with Gasteiger partial charge in [-0.05, 0) is 40.0 Å². The van der Waals surface area contributed by atoms with Crippen LogP contribution in [0, 0.1) is 0 Å². The zero-order valence-electron chi connectivity index (χ0n) is 11.5. The summed E-state index contributed by atoms with van der Waals surface area (Å²) >= 11 is 0. The Bertz CT molecular complexity index is 258. The standard InChI is InChI=1S/C13H26N2O2/c1-5-13(4)9-11(7-8-17-13)15-10(3)12(16)14-6-2/h10-11,15H,5-9H2,1-4H3,(H,14,16). The summed E-state index contributed by atoms with van der Waals surface area (Å²) in [5.41, 5.74) is -0.0309. The van der Waals surface area contributed by atoms with Gasteiger partial charge in [0, 0.05) is 19.2 Å². The van der Waals surface area contributed by atoms with Gasteiger partial charge in [0.05, 0.1) is 11.6 Å². The van der Waals surface area contributed by atoms with Gasteiger partial charge >= 0.3 is 0 Å². The zero-order chi connectivity index (χ0) is 12.9. The highest BCUT2D eigenvalue weighted by Crippen LogP contribution is 2.27. The normalized spacial score (nSPS) is 30.9. The molecule has 3 atom stereocenters.